The highest BCUT2D eigenvalue weighted by molar-refractivity contribution is 7.18. The molecule has 30 heavy (non-hydrogen) atoms. The molecule has 0 radical (unpaired) electrons. The first-order valence-electron chi connectivity index (χ1n) is 8.86. The zero-order valence-corrected chi connectivity index (χ0v) is 17.0. The summed E-state index contributed by atoms with van der Waals surface area (Å²) in [6.07, 6.45) is 1.39. The maximum Gasteiger partial charge on any atom is 0.349 e. The number of furan rings is 1. The molecule has 9 heteroatoms. The third-order valence-corrected chi connectivity index (χ3v) is 5.08. The van der Waals surface area contributed by atoms with Gasteiger partial charge in [0.05, 0.1) is 11.3 Å². The van der Waals surface area contributed by atoms with Crippen molar-refractivity contribution in [1.82, 2.24) is 0 Å². The maximum absolute atomic E-state index is 12.4. The topological polar surface area (TPSA) is 115 Å². The number of amides is 2. The van der Waals surface area contributed by atoms with Gasteiger partial charge in [0.15, 0.2) is 18.2 Å². The van der Waals surface area contributed by atoms with Crippen LogP contribution in [0.15, 0.2) is 53.1 Å². The highest BCUT2D eigenvalue weighted by atomic mass is 32.1. The third-order valence-electron chi connectivity index (χ3n) is 3.95. The van der Waals surface area contributed by atoms with E-state index in [4.69, 9.17) is 9.15 Å². The second kappa shape index (κ2) is 9.19. The number of thiophene rings is 1. The molecule has 2 amide bonds. The van der Waals surface area contributed by atoms with Crippen molar-refractivity contribution in [3.8, 4) is 0 Å². The van der Waals surface area contributed by atoms with Crippen molar-refractivity contribution in [1.29, 1.82) is 0 Å². The molecule has 154 valence electrons. The lowest BCUT2D eigenvalue weighted by atomic mass is 10.1. The minimum absolute atomic E-state index is 0.153. The molecule has 3 aromatic rings. The number of carbonyl (C=O) groups is 4. The average molecular weight is 426 g/mol. The Labute approximate surface area is 175 Å². The molecule has 0 spiro atoms. The molecular formula is C21H18N2O6S. The van der Waals surface area contributed by atoms with Crippen LogP contribution in [-0.2, 0) is 9.53 Å². The van der Waals surface area contributed by atoms with Crippen LogP contribution in [0.1, 0.15) is 43.1 Å². The molecule has 0 unspecified atom stereocenters. The first kappa shape index (κ1) is 21.0. The minimum Gasteiger partial charge on any atom is -0.459 e. The second-order valence-corrected chi connectivity index (χ2v) is 7.36. The molecule has 0 fully saturated rings. The zero-order chi connectivity index (χ0) is 21.7. The van der Waals surface area contributed by atoms with Gasteiger partial charge in [-0.15, -0.1) is 11.3 Å². The van der Waals surface area contributed by atoms with Gasteiger partial charge >= 0.3 is 5.97 Å². The molecule has 0 aliphatic carbocycles. The van der Waals surface area contributed by atoms with Gasteiger partial charge in [-0.25, -0.2) is 4.79 Å². The van der Waals surface area contributed by atoms with E-state index in [1.807, 2.05) is 0 Å². The monoisotopic (exact) mass is 426 g/mol. The first-order chi connectivity index (χ1) is 14.3. The first-order valence-corrected chi connectivity index (χ1v) is 9.68. The summed E-state index contributed by atoms with van der Waals surface area (Å²) in [5, 5.41) is 5.71. The number of nitrogens with one attached hydrogen (secondary N) is 2. The highest BCUT2D eigenvalue weighted by Gasteiger charge is 2.19. The Hall–Kier alpha value is -3.72. The molecule has 2 aromatic heterocycles. The predicted molar refractivity (Wildman–Crippen MR) is 111 cm³/mol. The maximum atomic E-state index is 12.4. The summed E-state index contributed by atoms with van der Waals surface area (Å²) in [6.45, 7) is 2.67. The number of benzene rings is 1. The van der Waals surface area contributed by atoms with Crippen LogP contribution in [0.5, 0.6) is 0 Å². The van der Waals surface area contributed by atoms with Crippen LogP contribution < -0.4 is 10.6 Å². The van der Waals surface area contributed by atoms with Gasteiger partial charge in [-0.3, -0.25) is 14.4 Å². The molecule has 3 rings (SSSR count). The minimum atomic E-state index is -0.654. The molecule has 0 saturated heterocycles. The van der Waals surface area contributed by atoms with Crippen molar-refractivity contribution in [2.24, 2.45) is 0 Å². The number of ketones is 1. The summed E-state index contributed by atoms with van der Waals surface area (Å²) in [4.78, 5) is 48.0. The van der Waals surface area contributed by atoms with Crippen LogP contribution >= 0.6 is 11.3 Å². The quantitative estimate of drug-likeness (QED) is 0.437. The van der Waals surface area contributed by atoms with E-state index in [-0.39, 0.29) is 17.5 Å². The molecule has 0 bridgehead atoms. The number of anilines is 2. The number of aryl methyl sites for hydroxylation is 1. The number of hydrogen-bond acceptors (Lipinski definition) is 7. The third kappa shape index (κ3) is 5.21. The fraction of sp³-hybridized carbons (Fsp3) is 0.143. The zero-order valence-electron chi connectivity index (χ0n) is 16.2. The lowest BCUT2D eigenvalue weighted by molar-refractivity contribution is -0.114. The Morgan fingerprint density at radius 3 is 2.43 bits per heavy atom. The summed E-state index contributed by atoms with van der Waals surface area (Å²) < 4.78 is 10.2. The number of rotatable bonds is 7. The van der Waals surface area contributed by atoms with Gasteiger partial charge in [-0.05, 0) is 55.0 Å². The summed E-state index contributed by atoms with van der Waals surface area (Å²) in [5.74, 6) is -1.52. The molecule has 0 aliphatic heterocycles. The van der Waals surface area contributed by atoms with E-state index in [1.54, 1.807) is 43.3 Å². The van der Waals surface area contributed by atoms with Crippen molar-refractivity contribution in [3.05, 3.63) is 70.5 Å². The van der Waals surface area contributed by atoms with Crippen LogP contribution in [0.3, 0.4) is 0 Å². The van der Waals surface area contributed by atoms with E-state index in [0.29, 0.717) is 26.7 Å². The van der Waals surface area contributed by atoms with Crippen molar-refractivity contribution in [2.45, 2.75) is 13.8 Å². The van der Waals surface area contributed by atoms with E-state index < -0.39 is 18.5 Å². The van der Waals surface area contributed by atoms with Crippen LogP contribution in [0.4, 0.5) is 10.7 Å². The smallest absolute Gasteiger partial charge is 0.349 e. The van der Waals surface area contributed by atoms with Crippen molar-refractivity contribution in [2.75, 3.05) is 17.2 Å². The number of hydrogen-bond donors (Lipinski definition) is 2. The van der Waals surface area contributed by atoms with Crippen molar-refractivity contribution < 1.29 is 28.3 Å². The predicted octanol–water partition coefficient (Wildman–Crippen LogP) is 3.90. The van der Waals surface area contributed by atoms with E-state index in [1.165, 1.54) is 19.3 Å². The SMILES string of the molecule is CC(=O)Nc1ccc(C(=O)COC(=O)c2sc(NC(=O)c3ccco3)cc2C)cc1. The number of Topliss-reactive ketones (excluding diaryl/α,β-unsaturated/α-hetero) is 1. The molecule has 0 atom stereocenters. The fourth-order valence-electron chi connectivity index (χ4n) is 2.55. The van der Waals surface area contributed by atoms with E-state index in [9.17, 15) is 19.2 Å². The van der Waals surface area contributed by atoms with Crippen molar-refractivity contribution in [3.63, 3.8) is 0 Å². The molecule has 2 N–H and O–H groups in total. The van der Waals surface area contributed by atoms with Gasteiger partial charge in [-0.1, -0.05) is 0 Å². The molecule has 8 nitrogen and oxygen atoms in total. The second-order valence-electron chi connectivity index (χ2n) is 6.31. The summed E-state index contributed by atoms with van der Waals surface area (Å²) in [5.41, 5.74) is 1.53. The Balaban J connectivity index is 1.58. The van der Waals surface area contributed by atoms with Gasteiger partial charge < -0.3 is 19.8 Å². The Bertz CT molecular complexity index is 1080. The standard InChI is InChI=1S/C21H18N2O6S/c1-12-10-18(23-20(26)17-4-3-9-28-17)30-19(12)21(27)29-11-16(25)14-5-7-15(8-6-14)22-13(2)24/h3-10H,11H2,1-2H3,(H,22,24)(H,23,26). The van der Waals surface area contributed by atoms with E-state index in [0.717, 1.165) is 11.3 Å². The Morgan fingerprint density at radius 2 is 1.80 bits per heavy atom. The normalized spacial score (nSPS) is 10.3. The molecule has 2 heterocycles. The van der Waals surface area contributed by atoms with Gasteiger partial charge in [0.25, 0.3) is 5.91 Å². The molecule has 1 aromatic carbocycles. The van der Waals surface area contributed by atoms with Gasteiger partial charge in [0.2, 0.25) is 5.91 Å². The van der Waals surface area contributed by atoms with E-state index in [2.05, 4.69) is 10.6 Å². The Kier molecular flexibility index (Phi) is 6.43. The molecule has 0 saturated carbocycles. The van der Waals surface area contributed by atoms with Gasteiger partial charge in [0.1, 0.15) is 4.88 Å². The van der Waals surface area contributed by atoms with Crippen LogP contribution in [0, 0.1) is 6.92 Å². The van der Waals surface area contributed by atoms with Crippen LogP contribution in [0.25, 0.3) is 0 Å². The van der Waals surface area contributed by atoms with Gasteiger partial charge in [-0.2, -0.15) is 0 Å². The summed E-state index contributed by atoms with van der Waals surface area (Å²) in [6, 6.07) is 11.0. The fourth-order valence-corrected chi connectivity index (χ4v) is 3.51. The lowest BCUT2D eigenvalue weighted by Crippen LogP contribution is -2.14. The van der Waals surface area contributed by atoms with Crippen LogP contribution in [0.2, 0.25) is 0 Å². The lowest BCUT2D eigenvalue weighted by Gasteiger charge is -2.05. The van der Waals surface area contributed by atoms with E-state index >= 15 is 0 Å². The average Bonchev–Trinajstić information content (AvgIpc) is 3.36. The molecular weight excluding hydrogens is 408 g/mol. The summed E-state index contributed by atoms with van der Waals surface area (Å²) >= 11 is 1.05. The van der Waals surface area contributed by atoms with Crippen LogP contribution in [-0.4, -0.2) is 30.2 Å². The highest BCUT2D eigenvalue weighted by Crippen LogP contribution is 2.28. The van der Waals surface area contributed by atoms with Gasteiger partial charge in [0, 0.05) is 18.2 Å². The van der Waals surface area contributed by atoms with Crippen molar-refractivity contribution >= 4 is 45.6 Å². The largest absolute Gasteiger partial charge is 0.459 e. The summed E-state index contributed by atoms with van der Waals surface area (Å²) in [7, 11) is 0. The number of ether oxygens (including phenoxy) is 1. The molecule has 0 aliphatic rings. The Morgan fingerprint density at radius 1 is 1.07 bits per heavy atom. The number of esters is 1. The number of carbonyl (C=O) groups excluding carboxylic acids is 4.